The van der Waals surface area contributed by atoms with Gasteiger partial charge in [0.25, 0.3) is 0 Å². The first-order chi connectivity index (χ1) is 20.3. The zero-order valence-electron chi connectivity index (χ0n) is 22.9. The highest BCUT2D eigenvalue weighted by atomic mass is 19.4. The van der Waals surface area contributed by atoms with Gasteiger partial charge in [-0.25, -0.2) is 4.98 Å². The van der Waals surface area contributed by atoms with E-state index in [-0.39, 0.29) is 0 Å². The van der Waals surface area contributed by atoms with E-state index in [4.69, 9.17) is 9.72 Å². The van der Waals surface area contributed by atoms with E-state index in [2.05, 4.69) is 48.2 Å². The van der Waals surface area contributed by atoms with Crippen LogP contribution >= 0.6 is 0 Å². The molecule has 0 amide bonds. The van der Waals surface area contributed by atoms with Crippen LogP contribution in [0.5, 0.6) is 11.5 Å². The minimum absolute atomic E-state index is 0.591. The molecule has 0 saturated carbocycles. The molecule has 0 N–H and O–H groups in total. The van der Waals surface area contributed by atoms with E-state index in [1.807, 2.05) is 61.5 Å². The van der Waals surface area contributed by atoms with Gasteiger partial charge in [-0.05, 0) is 79.1 Å². The Balaban J connectivity index is 1.54. The number of aromatic nitrogens is 1. The molecule has 6 aromatic rings. The maximum atomic E-state index is 13.4. The second-order valence-electron chi connectivity index (χ2n) is 10.5. The third kappa shape index (κ3) is 4.36. The Bertz CT molecular complexity index is 1920. The molecule has 0 bridgehead atoms. The van der Waals surface area contributed by atoms with Crippen LogP contribution in [0.3, 0.4) is 0 Å². The number of aryl methyl sites for hydroxylation is 2. The minimum Gasteiger partial charge on any atom is -0.453 e. The van der Waals surface area contributed by atoms with Crippen LogP contribution in [0, 0.1) is 13.8 Å². The monoisotopic (exact) mass is 558 g/mol. The van der Waals surface area contributed by atoms with E-state index in [0.717, 1.165) is 73.9 Å². The van der Waals surface area contributed by atoms with Crippen LogP contribution in [-0.2, 0) is 6.18 Å². The zero-order valence-corrected chi connectivity index (χ0v) is 22.9. The molecule has 1 aliphatic heterocycles. The summed E-state index contributed by atoms with van der Waals surface area (Å²) in [5, 5.41) is 0.980. The summed E-state index contributed by atoms with van der Waals surface area (Å²) >= 11 is 0. The van der Waals surface area contributed by atoms with E-state index in [1.54, 1.807) is 0 Å². The molecule has 5 aromatic carbocycles. The van der Waals surface area contributed by atoms with Crippen LogP contribution < -0.4 is 9.64 Å². The number of rotatable bonds is 3. The molecule has 0 unspecified atom stereocenters. The first kappa shape index (κ1) is 25.8. The maximum absolute atomic E-state index is 13.4. The highest BCUT2D eigenvalue weighted by Gasteiger charge is 2.31. The summed E-state index contributed by atoms with van der Waals surface area (Å²) in [4.78, 5) is 7.31. The van der Waals surface area contributed by atoms with E-state index >= 15 is 0 Å². The molecule has 0 atom stereocenters. The average molecular weight is 559 g/mol. The fourth-order valence-corrected chi connectivity index (χ4v) is 5.58. The van der Waals surface area contributed by atoms with Gasteiger partial charge in [-0.2, -0.15) is 13.2 Å². The smallest absolute Gasteiger partial charge is 0.416 e. The molecule has 42 heavy (non-hydrogen) atoms. The Morgan fingerprint density at radius 1 is 0.643 bits per heavy atom. The third-order valence-corrected chi connectivity index (χ3v) is 7.69. The molecule has 7 rings (SSSR count). The largest absolute Gasteiger partial charge is 0.453 e. The number of hydrogen-bond acceptors (Lipinski definition) is 3. The molecule has 206 valence electrons. The van der Waals surface area contributed by atoms with Crippen molar-refractivity contribution < 1.29 is 17.9 Å². The van der Waals surface area contributed by atoms with Gasteiger partial charge in [0.05, 0.1) is 33.8 Å². The number of halogens is 3. The number of para-hydroxylation sites is 4. The highest BCUT2D eigenvalue weighted by Crippen LogP contribution is 2.52. The van der Waals surface area contributed by atoms with Crippen molar-refractivity contribution >= 4 is 28.0 Å². The topological polar surface area (TPSA) is 25.4 Å². The molecule has 6 heteroatoms. The molecule has 0 saturated heterocycles. The number of ether oxygens (including phenoxy) is 1. The highest BCUT2D eigenvalue weighted by molar-refractivity contribution is 6.07. The summed E-state index contributed by atoms with van der Waals surface area (Å²) in [5.74, 6) is 1.45. The fourth-order valence-electron chi connectivity index (χ4n) is 5.58. The summed E-state index contributed by atoms with van der Waals surface area (Å²) < 4.78 is 46.3. The standard InChI is InChI=1S/C36H25F3N2O/c1-22-11-14-24(15-12-22)27-21-28(25-16-18-26(19-17-25)36(37,38)39)40-35-31(20-13-23(2)34(27)35)41-29-7-3-5-9-32(29)42-33-10-6-4-8-30(33)41/h3-21H,1-2H3. The Hall–Kier alpha value is -5.10. The van der Waals surface area contributed by atoms with Gasteiger partial charge < -0.3 is 9.64 Å². The van der Waals surface area contributed by atoms with E-state index < -0.39 is 11.7 Å². The molecule has 1 aromatic heterocycles. The van der Waals surface area contributed by atoms with Crippen molar-refractivity contribution in [1.82, 2.24) is 4.98 Å². The van der Waals surface area contributed by atoms with Crippen molar-refractivity contribution in [2.24, 2.45) is 0 Å². The van der Waals surface area contributed by atoms with Crippen LogP contribution in [0.4, 0.5) is 30.2 Å². The molecule has 0 spiro atoms. The Morgan fingerprint density at radius 3 is 1.86 bits per heavy atom. The molecule has 3 nitrogen and oxygen atoms in total. The normalized spacial score (nSPS) is 12.5. The molecule has 1 aliphatic rings. The number of benzene rings is 5. The van der Waals surface area contributed by atoms with Gasteiger partial charge in [0, 0.05) is 10.9 Å². The molecule has 2 heterocycles. The lowest BCUT2D eigenvalue weighted by molar-refractivity contribution is -0.137. The van der Waals surface area contributed by atoms with Crippen LogP contribution in [0.25, 0.3) is 33.3 Å². The van der Waals surface area contributed by atoms with Gasteiger partial charge in [0.15, 0.2) is 11.5 Å². The number of anilines is 3. The lowest BCUT2D eigenvalue weighted by Gasteiger charge is -2.33. The summed E-state index contributed by atoms with van der Waals surface area (Å²) in [6, 6.07) is 35.3. The van der Waals surface area contributed by atoms with Crippen molar-refractivity contribution in [3.05, 3.63) is 132 Å². The molecule has 0 aliphatic carbocycles. The van der Waals surface area contributed by atoms with E-state index in [0.29, 0.717) is 11.3 Å². The maximum Gasteiger partial charge on any atom is 0.416 e. The van der Waals surface area contributed by atoms with E-state index in [9.17, 15) is 13.2 Å². The number of nitrogens with zero attached hydrogens (tertiary/aromatic N) is 2. The number of pyridine rings is 1. The SMILES string of the molecule is Cc1ccc(-c2cc(-c3ccc(C(F)(F)F)cc3)nc3c(N4c5ccccc5Oc5ccccc54)ccc(C)c23)cc1. The predicted octanol–water partition coefficient (Wildman–Crippen LogP) is 10.8. The number of hydrogen-bond donors (Lipinski definition) is 0. The average Bonchev–Trinajstić information content (AvgIpc) is 3.00. The van der Waals surface area contributed by atoms with Crippen molar-refractivity contribution in [3.63, 3.8) is 0 Å². The first-order valence-corrected chi connectivity index (χ1v) is 13.6. The second kappa shape index (κ2) is 9.77. The van der Waals surface area contributed by atoms with Crippen molar-refractivity contribution in [3.8, 4) is 33.9 Å². The third-order valence-electron chi connectivity index (χ3n) is 7.69. The number of fused-ring (bicyclic) bond motifs is 3. The lowest BCUT2D eigenvalue weighted by atomic mass is 9.94. The summed E-state index contributed by atoms with van der Waals surface area (Å²) in [7, 11) is 0. The van der Waals surface area contributed by atoms with Crippen molar-refractivity contribution in [1.29, 1.82) is 0 Å². The quantitative estimate of drug-likeness (QED) is 0.216. The predicted molar refractivity (Wildman–Crippen MR) is 162 cm³/mol. The number of alkyl halides is 3. The molecule has 0 fully saturated rings. The van der Waals surface area contributed by atoms with Crippen LogP contribution in [0.2, 0.25) is 0 Å². The zero-order chi connectivity index (χ0) is 29.0. The van der Waals surface area contributed by atoms with Gasteiger partial charge >= 0.3 is 6.18 Å². The van der Waals surface area contributed by atoms with Crippen molar-refractivity contribution in [2.75, 3.05) is 4.90 Å². The van der Waals surface area contributed by atoms with E-state index in [1.165, 1.54) is 12.1 Å². The fraction of sp³-hybridized carbons (Fsp3) is 0.0833. The minimum atomic E-state index is -4.41. The Morgan fingerprint density at radius 2 is 1.24 bits per heavy atom. The van der Waals surface area contributed by atoms with Gasteiger partial charge in [-0.1, -0.05) is 72.3 Å². The van der Waals surface area contributed by atoms with Crippen LogP contribution in [0.15, 0.2) is 115 Å². The van der Waals surface area contributed by atoms with Crippen LogP contribution in [-0.4, -0.2) is 4.98 Å². The van der Waals surface area contributed by atoms with Crippen molar-refractivity contribution in [2.45, 2.75) is 20.0 Å². The Labute approximate surface area is 241 Å². The summed E-state index contributed by atoms with van der Waals surface area (Å²) in [5.41, 5.74) is 8.00. The second-order valence-corrected chi connectivity index (χ2v) is 10.5. The van der Waals surface area contributed by atoms with Gasteiger partial charge in [0.1, 0.15) is 0 Å². The lowest BCUT2D eigenvalue weighted by Crippen LogP contribution is -2.16. The van der Waals surface area contributed by atoms with Crippen LogP contribution in [0.1, 0.15) is 16.7 Å². The summed E-state index contributed by atoms with van der Waals surface area (Å²) in [6.07, 6.45) is -4.41. The Kier molecular flexibility index (Phi) is 6.01. The summed E-state index contributed by atoms with van der Waals surface area (Å²) in [6.45, 7) is 4.10. The van der Waals surface area contributed by atoms with Gasteiger partial charge in [0.2, 0.25) is 0 Å². The molecular weight excluding hydrogens is 533 g/mol. The van der Waals surface area contributed by atoms with Gasteiger partial charge in [-0.15, -0.1) is 0 Å². The first-order valence-electron chi connectivity index (χ1n) is 13.6. The molecular formula is C36H25F3N2O. The van der Waals surface area contributed by atoms with Gasteiger partial charge in [-0.3, -0.25) is 0 Å². The molecule has 0 radical (unpaired) electrons.